The van der Waals surface area contributed by atoms with Crippen LogP contribution in [0.2, 0.25) is 0 Å². The van der Waals surface area contributed by atoms with Gasteiger partial charge in [0.05, 0.1) is 12.6 Å². The van der Waals surface area contributed by atoms with E-state index in [1.807, 2.05) is 54.6 Å². The Morgan fingerprint density at radius 3 is 2.68 bits per heavy atom. The summed E-state index contributed by atoms with van der Waals surface area (Å²) in [5.41, 5.74) is 9.00. The fourth-order valence-electron chi connectivity index (χ4n) is 2.89. The number of nitrogens with zero attached hydrogens (tertiary/aromatic N) is 3. The van der Waals surface area contributed by atoms with Gasteiger partial charge in [0.15, 0.2) is 5.82 Å². The first-order chi connectivity index (χ1) is 13.7. The summed E-state index contributed by atoms with van der Waals surface area (Å²) in [5.74, 6) is 1.92. The third-order valence-corrected chi connectivity index (χ3v) is 4.49. The van der Waals surface area contributed by atoms with Crippen LogP contribution in [-0.2, 0) is 0 Å². The van der Waals surface area contributed by atoms with Crippen LogP contribution in [0.15, 0.2) is 67.0 Å². The van der Waals surface area contributed by atoms with E-state index in [9.17, 15) is 0 Å². The van der Waals surface area contributed by atoms with Gasteiger partial charge in [-0.2, -0.15) is 0 Å². The molecule has 0 unspecified atom stereocenters. The molecule has 0 fully saturated rings. The molecule has 4 aromatic rings. The van der Waals surface area contributed by atoms with E-state index in [0.29, 0.717) is 16.6 Å². The van der Waals surface area contributed by atoms with E-state index in [-0.39, 0.29) is 0 Å². The molecule has 6 nitrogen and oxygen atoms in total. The number of methoxy groups -OCH3 is 1. The van der Waals surface area contributed by atoms with E-state index in [2.05, 4.69) is 15.3 Å². The third kappa shape index (κ3) is 3.47. The van der Waals surface area contributed by atoms with Gasteiger partial charge in [-0.15, -0.1) is 0 Å². The van der Waals surface area contributed by atoms with Gasteiger partial charge in [0.2, 0.25) is 0 Å². The fraction of sp³-hybridized carbons (Fsp3) is 0.0476. The highest BCUT2D eigenvalue weighted by Crippen LogP contribution is 2.30. The normalized spacial score (nSPS) is 10.6. The lowest BCUT2D eigenvalue weighted by Crippen LogP contribution is -2.12. The van der Waals surface area contributed by atoms with Gasteiger partial charge in [-0.25, -0.2) is 9.97 Å². The molecule has 2 aromatic heterocycles. The molecule has 0 saturated heterocycles. The monoisotopic (exact) mass is 387 g/mol. The lowest BCUT2D eigenvalue weighted by atomic mass is 10.1. The number of aromatic nitrogens is 3. The minimum atomic E-state index is 0.312. The summed E-state index contributed by atoms with van der Waals surface area (Å²) < 4.78 is 5.37. The molecule has 0 aliphatic rings. The van der Waals surface area contributed by atoms with Crippen molar-refractivity contribution in [1.29, 1.82) is 0 Å². The van der Waals surface area contributed by atoms with E-state index in [4.69, 9.17) is 27.7 Å². The highest BCUT2D eigenvalue weighted by molar-refractivity contribution is 7.80. The number of fused-ring (bicyclic) bond motifs is 1. The predicted molar refractivity (Wildman–Crippen MR) is 115 cm³/mol. The smallest absolute Gasteiger partial charge is 0.163 e. The van der Waals surface area contributed by atoms with Crippen LogP contribution >= 0.6 is 12.2 Å². The van der Waals surface area contributed by atoms with Crippen LogP contribution in [0.3, 0.4) is 0 Å². The standard InChI is InChI=1S/C21H17N5OS/c1-27-14-8-9-18-16(11-14)21(25-17-7-3-2-6-15(17)19(22)28)26-20(24-18)13-5-4-10-23-12-13/h2-12H,1H3,(H2,22,28)(H,24,25,26). The Morgan fingerprint density at radius 1 is 1.07 bits per heavy atom. The summed E-state index contributed by atoms with van der Waals surface area (Å²) in [6, 6.07) is 17.0. The van der Waals surface area contributed by atoms with Gasteiger partial charge in [-0.1, -0.05) is 24.4 Å². The van der Waals surface area contributed by atoms with E-state index in [0.717, 1.165) is 33.5 Å². The van der Waals surface area contributed by atoms with Crippen molar-refractivity contribution in [2.75, 3.05) is 12.4 Å². The Kier molecular flexibility index (Phi) is 4.82. The van der Waals surface area contributed by atoms with Gasteiger partial charge >= 0.3 is 0 Å². The van der Waals surface area contributed by atoms with Gasteiger partial charge in [0.25, 0.3) is 0 Å². The van der Waals surface area contributed by atoms with Crippen LogP contribution in [-0.4, -0.2) is 27.1 Å². The van der Waals surface area contributed by atoms with E-state index >= 15 is 0 Å². The zero-order valence-corrected chi connectivity index (χ0v) is 15.9. The summed E-state index contributed by atoms with van der Waals surface area (Å²) in [4.78, 5) is 13.9. The van der Waals surface area contributed by atoms with Crippen molar-refractivity contribution in [2.24, 2.45) is 5.73 Å². The predicted octanol–water partition coefficient (Wildman–Crippen LogP) is 4.08. The largest absolute Gasteiger partial charge is 0.497 e. The summed E-state index contributed by atoms with van der Waals surface area (Å²) in [6.07, 6.45) is 3.45. The number of nitrogens with two attached hydrogens (primary N) is 1. The summed E-state index contributed by atoms with van der Waals surface area (Å²) in [7, 11) is 1.63. The Morgan fingerprint density at radius 2 is 1.93 bits per heavy atom. The number of hydrogen-bond donors (Lipinski definition) is 2. The summed E-state index contributed by atoms with van der Waals surface area (Å²) in [6.45, 7) is 0. The average Bonchev–Trinajstić information content (AvgIpc) is 2.74. The molecule has 0 bridgehead atoms. The van der Waals surface area contributed by atoms with Crippen LogP contribution in [0, 0.1) is 0 Å². The fourth-order valence-corrected chi connectivity index (χ4v) is 3.07. The van der Waals surface area contributed by atoms with Crippen molar-refractivity contribution >= 4 is 39.6 Å². The van der Waals surface area contributed by atoms with Gasteiger partial charge in [0.1, 0.15) is 16.6 Å². The van der Waals surface area contributed by atoms with Gasteiger partial charge in [0, 0.05) is 34.6 Å². The first kappa shape index (κ1) is 17.8. The maximum Gasteiger partial charge on any atom is 0.163 e. The van der Waals surface area contributed by atoms with Gasteiger partial charge < -0.3 is 15.8 Å². The Labute approximate surface area is 167 Å². The number of benzene rings is 2. The zero-order valence-electron chi connectivity index (χ0n) is 15.1. The molecule has 0 saturated carbocycles. The maximum atomic E-state index is 5.88. The summed E-state index contributed by atoms with van der Waals surface area (Å²) in [5, 5.41) is 4.19. The minimum absolute atomic E-state index is 0.312. The molecule has 0 aliphatic heterocycles. The van der Waals surface area contributed by atoms with E-state index in [1.54, 1.807) is 19.5 Å². The molecule has 0 radical (unpaired) electrons. The molecule has 4 rings (SSSR count). The zero-order chi connectivity index (χ0) is 19.5. The van der Waals surface area contributed by atoms with Gasteiger partial charge in [-0.05, 0) is 42.5 Å². The quantitative estimate of drug-likeness (QED) is 0.499. The SMILES string of the molecule is COc1ccc2nc(-c3cccnc3)nc(Nc3ccccc3C(N)=S)c2c1. The van der Waals surface area contributed by atoms with E-state index in [1.165, 1.54) is 0 Å². The van der Waals surface area contributed by atoms with Crippen molar-refractivity contribution < 1.29 is 4.74 Å². The highest BCUT2D eigenvalue weighted by atomic mass is 32.1. The topological polar surface area (TPSA) is 86.0 Å². The van der Waals surface area contributed by atoms with Crippen molar-refractivity contribution in [3.05, 3.63) is 72.6 Å². The number of ether oxygens (including phenoxy) is 1. The Balaban J connectivity index is 1.91. The van der Waals surface area contributed by atoms with Crippen LogP contribution in [0.5, 0.6) is 5.75 Å². The first-order valence-corrected chi connectivity index (χ1v) is 8.98. The molecular weight excluding hydrogens is 370 g/mol. The van der Waals surface area contributed by atoms with Crippen molar-refractivity contribution in [3.63, 3.8) is 0 Å². The van der Waals surface area contributed by atoms with Crippen LogP contribution in [0.4, 0.5) is 11.5 Å². The van der Waals surface area contributed by atoms with Crippen molar-refractivity contribution in [2.45, 2.75) is 0 Å². The lowest BCUT2D eigenvalue weighted by Gasteiger charge is -2.14. The van der Waals surface area contributed by atoms with E-state index < -0.39 is 0 Å². The third-order valence-electron chi connectivity index (χ3n) is 4.27. The van der Waals surface area contributed by atoms with Crippen LogP contribution < -0.4 is 15.8 Å². The summed E-state index contributed by atoms with van der Waals surface area (Å²) >= 11 is 5.18. The van der Waals surface area contributed by atoms with Crippen molar-refractivity contribution in [1.82, 2.24) is 15.0 Å². The van der Waals surface area contributed by atoms with Crippen LogP contribution in [0.25, 0.3) is 22.3 Å². The minimum Gasteiger partial charge on any atom is -0.497 e. The molecule has 0 atom stereocenters. The highest BCUT2D eigenvalue weighted by Gasteiger charge is 2.13. The van der Waals surface area contributed by atoms with Crippen LogP contribution in [0.1, 0.15) is 5.56 Å². The lowest BCUT2D eigenvalue weighted by molar-refractivity contribution is 0.415. The number of thiocarbonyl (C=S) groups is 1. The molecule has 0 aliphatic carbocycles. The number of hydrogen-bond acceptors (Lipinski definition) is 6. The Hall–Kier alpha value is -3.58. The molecule has 138 valence electrons. The second-order valence-corrected chi connectivity index (χ2v) is 6.50. The first-order valence-electron chi connectivity index (χ1n) is 8.58. The molecule has 2 aromatic carbocycles. The Bertz CT molecular complexity index is 1160. The molecule has 0 amide bonds. The molecule has 2 heterocycles. The number of para-hydroxylation sites is 1. The second-order valence-electron chi connectivity index (χ2n) is 6.06. The number of pyridine rings is 1. The number of anilines is 2. The molecular formula is C21H17N5OS. The number of rotatable bonds is 5. The molecule has 0 spiro atoms. The molecule has 28 heavy (non-hydrogen) atoms. The molecule has 7 heteroatoms. The molecule has 3 N–H and O–H groups in total. The van der Waals surface area contributed by atoms with Crippen molar-refractivity contribution in [3.8, 4) is 17.1 Å². The second kappa shape index (κ2) is 7.58. The van der Waals surface area contributed by atoms with Gasteiger partial charge in [-0.3, -0.25) is 4.98 Å². The average molecular weight is 387 g/mol. The number of nitrogens with one attached hydrogen (secondary N) is 1. The maximum absolute atomic E-state index is 5.88.